The van der Waals surface area contributed by atoms with Gasteiger partial charge in [0, 0.05) is 13.1 Å². The Labute approximate surface area is 215 Å². The zero-order valence-electron chi connectivity index (χ0n) is 22.8. The molecule has 3 amide bonds. The number of carbonyl (C=O) groups excluding carboxylic acids is 3. The molecule has 2 atom stereocenters. The molecule has 0 aliphatic carbocycles. The Morgan fingerprint density at radius 1 is 1.00 bits per heavy atom. The number of rotatable bonds is 9. The van der Waals surface area contributed by atoms with Crippen molar-refractivity contribution >= 4 is 17.9 Å². The summed E-state index contributed by atoms with van der Waals surface area (Å²) in [4.78, 5) is 41.6. The second-order valence-corrected chi connectivity index (χ2v) is 10.5. The van der Waals surface area contributed by atoms with Crippen LogP contribution in [-0.4, -0.2) is 41.0 Å². The fourth-order valence-corrected chi connectivity index (χ4v) is 3.98. The average Bonchev–Trinajstić information content (AvgIpc) is 2.80. The van der Waals surface area contributed by atoms with Crippen LogP contribution >= 0.6 is 0 Å². The average molecular weight is 496 g/mol. The third-order valence-electron chi connectivity index (χ3n) is 5.83. The van der Waals surface area contributed by atoms with Crippen molar-refractivity contribution in [3.05, 3.63) is 70.8 Å². The monoisotopic (exact) mass is 495 g/mol. The molecular weight excluding hydrogens is 454 g/mol. The maximum atomic E-state index is 13.9. The summed E-state index contributed by atoms with van der Waals surface area (Å²) in [7, 11) is 0. The van der Waals surface area contributed by atoms with E-state index in [1.807, 2.05) is 83.1 Å². The molecule has 2 aromatic rings. The van der Waals surface area contributed by atoms with Crippen LogP contribution in [0.5, 0.6) is 0 Å². The van der Waals surface area contributed by atoms with Crippen LogP contribution in [0.3, 0.4) is 0 Å². The van der Waals surface area contributed by atoms with Crippen LogP contribution in [0.4, 0.5) is 4.79 Å². The molecule has 7 nitrogen and oxygen atoms in total. The molecule has 0 saturated carbocycles. The van der Waals surface area contributed by atoms with Crippen molar-refractivity contribution in [2.24, 2.45) is 5.92 Å². The Kier molecular flexibility index (Phi) is 10.1. The molecule has 0 radical (unpaired) electrons. The standard InChI is InChI=1S/C29H41N3O4/c1-9-32(27(34)24(19(2)3)31-28(35)36-29(6,7)8)25(23-17-20(4)15-16-21(23)5)26(33)30-18-22-13-11-10-12-14-22/h10-17,19,24-25H,9,18H2,1-8H3,(H,30,33)(H,31,35). The summed E-state index contributed by atoms with van der Waals surface area (Å²) in [6, 6.07) is 13.8. The van der Waals surface area contributed by atoms with Crippen LogP contribution in [0, 0.1) is 19.8 Å². The van der Waals surface area contributed by atoms with Crippen molar-refractivity contribution in [1.29, 1.82) is 0 Å². The van der Waals surface area contributed by atoms with Crippen molar-refractivity contribution < 1.29 is 19.1 Å². The molecule has 196 valence electrons. The number of aryl methyl sites for hydroxylation is 2. The first kappa shape index (κ1) is 28.9. The van der Waals surface area contributed by atoms with Crippen LogP contribution < -0.4 is 10.6 Å². The molecule has 0 aliphatic heterocycles. The zero-order valence-corrected chi connectivity index (χ0v) is 22.8. The van der Waals surface area contributed by atoms with Crippen LogP contribution in [0.25, 0.3) is 0 Å². The topological polar surface area (TPSA) is 87.7 Å². The number of likely N-dealkylation sites (N-methyl/N-ethyl adjacent to an activating group) is 1. The van der Waals surface area contributed by atoms with Gasteiger partial charge in [-0.25, -0.2) is 4.79 Å². The lowest BCUT2D eigenvalue weighted by molar-refractivity contribution is -0.143. The Morgan fingerprint density at radius 3 is 2.19 bits per heavy atom. The van der Waals surface area contributed by atoms with Crippen molar-refractivity contribution in [2.45, 2.75) is 79.6 Å². The first-order valence-electron chi connectivity index (χ1n) is 12.5. The molecule has 2 aromatic carbocycles. The van der Waals surface area contributed by atoms with Crippen molar-refractivity contribution in [3.63, 3.8) is 0 Å². The van der Waals surface area contributed by atoms with Crippen molar-refractivity contribution in [3.8, 4) is 0 Å². The van der Waals surface area contributed by atoms with Crippen LogP contribution in [-0.2, 0) is 20.9 Å². The molecule has 0 saturated heterocycles. The first-order chi connectivity index (χ1) is 16.8. The number of amides is 3. The summed E-state index contributed by atoms with van der Waals surface area (Å²) < 4.78 is 5.40. The van der Waals surface area contributed by atoms with Gasteiger partial charge in [-0.05, 0) is 64.2 Å². The second-order valence-electron chi connectivity index (χ2n) is 10.5. The summed E-state index contributed by atoms with van der Waals surface area (Å²) >= 11 is 0. The number of ether oxygens (including phenoxy) is 1. The van der Waals surface area contributed by atoms with Gasteiger partial charge in [-0.3, -0.25) is 9.59 Å². The van der Waals surface area contributed by atoms with Gasteiger partial charge in [-0.1, -0.05) is 67.9 Å². The summed E-state index contributed by atoms with van der Waals surface area (Å²) in [5.41, 5.74) is 2.93. The quantitative estimate of drug-likeness (QED) is 0.509. The minimum Gasteiger partial charge on any atom is -0.444 e. The van der Waals surface area contributed by atoms with E-state index in [9.17, 15) is 14.4 Å². The van der Waals surface area contributed by atoms with E-state index >= 15 is 0 Å². The van der Waals surface area contributed by atoms with E-state index in [1.165, 1.54) is 0 Å². The van der Waals surface area contributed by atoms with Crippen molar-refractivity contribution in [1.82, 2.24) is 15.5 Å². The van der Waals surface area contributed by atoms with E-state index in [-0.39, 0.29) is 24.3 Å². The molecule has 0 aromatic heterocycles. The highest BCUT2D eigenvalue weighted by molar-refractivity contribution is 5.92. The summed E-state index contributed by atoms with van der Waals surface area (Å²) in [6.07, 6.45) is -0.664. The number of carbonyl (C=O) groups is 3. The number of hydrogen-bond donors (Lipinski definition) is 2. The maximum absolute atomic E-state index is 13.9. The Morgan fingerprint density at radius 2 is 1.64 bits per heavy atom. The number of alkyl carbamates (subject to hydrolysis) is 1. The fraction of sp³-hybridized carbons (Fsp3) is 0.483. The molecular formula is C29H41N3O4. The molecule has 0 heterocycles. The van der Waals surface area contributed by atoms with Gasteiger partial charge in [0.25, 0.3) is 0 Å². The van der Waals surface area contributed by atoms with E-state index in [1.54, 1.807) is 25.7 Å². The van der Waals surface area contributed by atoms with E-state index in [2.05, 4.69) is 10.6 Å². The van der Waals surface area contributed by atoms with Crippen LogP contribution in [0.1, 0.15) is 69.8 Å². The van der Waals surface area contributed by atoms with Gasteiger partial charge in [-0.15, -0.1) is 0 Å². The number of nitrogens with one attached hydrogen (secondary N) is 2. The highest BCUT2D eigenvalue weighted by Crippen LogP contribution is 2.27. The van der Waals surface area contributed by atoms with Crippen LogP contribution in [0.2, 0.25) is 0 Å². The van der Waals surface area contributed by atoms with E-state index in [4.69, 9.17) is 4.74 Å². The second kappa shape index (κ2) is 12.6. The predicted octanol–water partition coefficient (Wildman–Crippen LogP) is 5.06. The van der Waals surface area contributed by atoms with Gasteiger partial charge in [0.1, 0.15) is 17.7 Å². The highest BCUT2D eigenvalue weighted by atomic mass is 16.6. The van der Waals surface area contributed by atoms with E-state index in [0.717, 1.165) is 22.3 Å². The molecule has 2 rings (SSSR count). The highest BCUT2D eigenvalue weighted by Gasteiger charge is 2.37. The van der Waals surface area contributed by atoms with Gasteiger partial charge in [0.2, 0.25) is 11.8 Å². The van der Waals surface area contributed by atoms with E-state index in [0.29, 0.717) is 6.54 Å². The fourth-order valence-electron chi connectivity index (χ4n) is 3.98. The molecule has 0 bridgehead atoms. The zero-order chi connectivity index (χ0) is 27.0. The molecule has 2 N–H and O–H groups in total. The minimum atomic E-state index is -0.854. The van der Waals surface area contributed by atoms with Crippen molar-refractivity contribution in [2.75, 3.05) is 6.54 Å². The molecule has 0 aliphatic rings. The Balaban J connectivity index is 2.42. The summed E-state index contributed by atoms with van der Waals surface area (Å²) in [5.74, 6) is -0.827. The minimum absolute atomic E-state index is 0.217. The molecule has 2 unspecified atom stereocenters. The smallest absolute Gasteiger partial charge is 0.408 e. The van der Waals surface area contributed by atoms with Gasteiger partial charge in [-0.2, -0.15) is 0 Å². The van der Waals surface area contributed by atoms with Gasteiger partial charge in [0.15, 0.2) is 0 Å². The normalized spacial score (nSPS) is 13.0. The molecule has 36 heavy (non-hydrogen) atoms. The van der Waals surface area contributed by atoms with Gasteiger partial charge in [0.05, 0.1) is 0 Å². The summed E-state index contributed by atoms with van der Waals surface area (Å²) in [5, 5.41) is 5.74. The Hall–Kier alpha value is -3.35. The molecule has 0 fully saturated rings. The molecule has 0 spiro atoms. The predicted molar refractivity (Wildman–Crippen MR) is 142 cm³/mol. The van der Waals surface area contributed by atoms with Gasteiger partial charge < -0.3 is 20.3 Å². The SMILES string of the molecule is CCN(C(=O)C(NC(=O)OC(C)(C)C)C(C)C)C(C(=O)NCc1ccccc1)c1cc(C)ccc1C. The third-order valence-corrected chi connectivity index (χ3v) is 5.83. The third kappa shape index (κ3) is 8.11. The number of hydrogen-bond acceptors (Lipinski definition) is 4. The Bertz CT molecular complexity index is 1040. The van der Waals surface area contributed by atoms with Gasteiger partial charge >= 0.3 is 6.09 Å². The largest absolute Gasteiger partial charge is 0.444 e. The lowest BCUT2D eigenvalue weighted by Crippen LogP contribution is -2.54. The van der Waals surface area contributed by atoms with Crippen LogP contribution in [0.15, 0.2) is 48.5 Å². The maximum Gasteiger partial charge on any atom is 0.408 e. The van der Waals surface area contributed by atoms with E-state index < -0.39 is 23.8 Å². The lowest BCUT2D eigenvalue weighted by atomic mass is 9.95. The first-order valence-corrected chi connectivity index (χ1v) is 12.5. The lowest BCUT2D eigenvalue weighted by Gasteiger charge is -2.35. The number of benzene rings is 2. The molecule has 7 heteroatoms. The summed E-state index contributed by atoms with van der Waals surface area (Å²) in [6.45, 7) is 15.4. The number of nitrogens with zero attached hydrogens (tertiary/aromatic N) is 1.